The molecule has 1 N–H and O–H groups in total. The Bertz CT molecular complexity index is 950. The first kappa shape index (κ1) is 23.6. The highest BCUT2D eigenvalue weighted by atomic mass is 35.5. The SMILES string of the molecule is Cc1cc(/C=C/C(c2cc(Cl)cc(Cl)c2)C(F)(F)F)ccc1C(=O)NCC1CCOC1. The molecule has 31 heavy (non-hydrogen) atoms. The molecule has 2 unspecified atom stereocenters. The number of aryl methyl sites for hydroxylation is 1. The quantitative estimate of drug-likeness (QED) is 0.527. The van der Waals surface area contributed by atoms with E-state index in [0.717, 1.165) is 12.5 Å². The largest absolute Gasteiger partial charge is 0.399 e. The summed E-state index contributed by atoms with van der Waals surface area (Å²) in [5.74, 6) is -1.76. The Hall–Kier alpha value is -2.02. The Morgan fingerprint density at radius 1 is 1.23 bits per heavy atom. The second-order valence-electron chi connectivity index (χ2n) is 7.60. The summed E-state index contributed by atoms with van der Waals surface area (Å²) >= 11 is 11.8. The Kier molecular flexibility index (Phi) is 7.68. The summed E-state index contributed by atoms with van der Waals surface area (Å²) in [6.45, 7) is 3.64. The normalized spacial score (nSPS) is 17.8. The van der Waals surface area contributed by atoms with Crippen molar-refractivity contribution in [1.82, 2.24) is 5.32 Å². The predicted octanol–water partition coefficient (Wildman–Crippen LogP) is 6.43. The van der Waals surface area contributed by atoms with E-state index in [1.807, 2.05) is 0 Å². The number of carbonyl (C=O) groups is 1. The molecule has 2 atom stereocenters. The molecule has 3 nitrogen and oxygen atoms in total. The number of alkyl halides is 3. The molecule has 3 rings (SSSR count). The molecule has 8 heteroatoms. The number of nitrogens with one attached hydrogen (secondary N) is 1. The Balaban J connectivity index is 1.75. The van der Waals surface area contributed by atoms with E-state index in [1.54, 1.807) is 25.1 Å². The average Bonchev–Trinajstić information content (AvgIpc) is 3.18. The van der Waals surface area contributed by atoms with Gasteiger partial charge in [-0.3, -0.25) is 4.79 Å². The molecule has 0 aromatic heterocycles. The van der Waals surface area contributed by atoms with Gasteiger partial charge >= 0.3 is 6.18 Å². The van der Waals surface area contributed by atoms with Crippen molar-refractivity contribution in [2.45, 2.75) is 25.4 Å². The van der Waals surface area contributed by atoms with Gasteiger partial charge in [-0.05, 0) is 54.3 Å². The van der Waals surface area contributed by atoms with Gasteiger partial charge in [0, 0.05) is 34.7 Å². The van der Waals surface area contributed by atoms with Crippen molar-refractivity contribution in [1.29, 1.82) is 0 Å². The first-order valence-electron chi connectivity index (χ1n) is 9.81. The fourth-order valence-electron chi connectivity index (χ4n) is 3.49. The first-order valence-corrected chi connectivity index (χ1v) is 10.6. The number of benzene rings is 2. The summed E-state index contributed by atoms with van der Waals surface area (Å²) in [6.07, 6.45) is -1.14. The van der Waals surface area contributed by atoms with Crippen LogP contribution in [0.25, 0.3) is 6.08 Å². The minimum atomic E-state index is -4.51. The third-order valence-electron chi connectivity index (χ3n) is 5.15. The van der Waals surface area contributed by atoms with E-state index in [-0.39, 0.29) is 21.5 Å². The summed E-state index contributed by atoms with van der Waals surface area (Å²) in [5, 5.41) is 3.17. The topological polar surface area (TPSA) is 38.3 Å². The maximum absolute atomic E-state index is 13.6. The van der Waals surface area contributed by atoms with Crippen LogP contribution in [0.2, 0.25) is 10.0 Å². The van der Waals surface area contributed by atoms with Crippen molar-refractivity contribution in [3.8, 4) is 0 Å². The number of carbonyl (C=O) groups excluding carboxylic acids is 1. The van der Waals surface area contributed by atoms with Gasteiger partial charge in [0.15, 0.2) is 0 Å². The number of rotatable bonds is 6. The molecule has 0 saturated carbocycles. The third-order valence-corrected chi connectivity index (χ3v) is 5.58. The van der Waals surface area contributed by atoms with E-state index in [1.165, 1.54) is 24.3 Å². The van der Waals surface area contributed by atoms with E-state index in [2.05, 4.69) is 5.32 Å². The number of ether oxygens (including phenoxy) is 1. The zero-order valence-electron chi connectivity index (χ0n) is 16.8. The van der Waals surface area contributed by atoms with E-state index in [0.29, 0.717) is 42.4 Å². The van der Waals surface area contributed by atoms with Crippen LogP contribution >= 0.6 is 23.2 Å². The van der Waals surface area contributed by atoms with Crippen molar-refractivity contribution in [2.24, 2.45) is 5.92 Å². The molecular weight excluding hydrogens is 450 g/mol. The van der Waals surface area contributed by atoms with Gasteiger partial charge in [0.1, 0.15) is 0 Å². The molecule has 1 amide bonds. The molecule has 1 aliphatic heterocycles. The number of hydrogen-bond donors (Lipinski definition) is 1. The van der Waals surface area contributed by atoms with Gasteiger partial charge in [0.25, 0.3) is 5.91 Å². The molecule has 0 spiro atoms. The van der Waals surface area contributed by atoms with E-state index >= 15 is 0 Å². The van der Waals surface area contributed by atoms with Crippen molar-refractivity contribution in [2.75, 3.05) is 19.8 Å². The summed E-state index contributed by atoms with van der Waals surface area (Å²) in [5.41, 5.74) is 1.69. The van der Waals surface area contributed by atoms with Crippen LogP contribution in [0.1, 0.15) is 39.4 Å². The number of allylic oxidation sites excluding steroid dienone is 1. The van der Waals surface area contributed by atoms with Crippen LogP contribution in [0.15, 0.2) is 42.5 Å². The number of hydrogen-bond acceptors (Lipinski definition) is 2. The molecule has 0 radical (unpaired) electrons. The Labute approximate surface area is 189 Å². The highest BCUT2D eigenvalue weighted by Gasteiger charge is 2.39. The van der Waals surface area contributed by atoms with Crippen molar-refractivity contribution in [3.63, 3.8) is 0 Å². The van der Waals surface area contributed by atoms with Crippen LogP contribution in [0.4, 0.5) is 13.2 Å². The second-order valence-corrected chi connectivity index (χ2v) is 8.47. The fraction of sp³-hybridized carbons (Fsp3) is 0.348. The highest BCUT2D eigenvalue weighted by Crippen LogP contribution is 2.38. The zero-order valence-corrected chi connectivity index (χ0v) is 18.3. The van der Waals surface area contributed by atoms with Crippen LogP contribution in [0.5, 0.6) is 0 Å². The van der Waals surface area contributed by atoms with Crippen molar-refractivity contribution in [3.05, 3.63) is 74.8 Å². The maximum atomic E-state index is 13.6. The van der Waals surface area contributed by atoms with Gasteiger partial charge in [0.2, 0.25) is 0 Å². The molecule has 2 aromatic rings. The van der Waals surface area contributed by atoms with E-state index in [4.69, 9.17) is 27.9 Å². The summed E-state index contributed by atoms with van der Waals surface area (Å²) in [7, 11) is 0. The van der Waals surface area contributed by atoms with Crippen LogP contribution in [-0.2, 0) is 4.74 Å². The van der Waals surface area contributed by atoms with Crippen molar-refractivity contribution < 1.29 is 22.7 Å². The lowest BCUT2D eigenvalue weighted by atomic mass is 9.96. The fourth-order valence-corrected chi connectivity index (χ4v) is 4.04. The third kappa shape index (κ3) is 6.48. The number of halogens is 5. The van der Waals surface area contributed by atoms with E-state index in [9.17, 15) is 18.0 Å². The lowest BCUT2D eigenvalue weighted by Crippen LogP contribution is -2.30. The first-order chi connectivity index (χ1) is 14.6. The van der Waals surface area contributed by atoms with E-state index < -0.39 is 12.1 Å². The molecular formula is C23H22Cl2F3NO2. The molecule has 0 bridgehead atoms. The number of amides is 1. The molecule has 1 saturated heterocycles. The lowest BCUT2D eigenvalue weighted by Gasteiger charge is -2.18. The van der Waals surface area contributed by atoms with Gasteiger partial charge in [-0.15, -0.1) is 0 Å². The van der Waals surface area contributed by atoms with Crippen LogP contribution in [0.3, 0.4) is 0 Å². The average molecular weight is 472 g/mol. The predicted molar refractivity (Wildman–Crippen MR) is 117 cm³/mol. The molecule has 1 aliphatic rings. The van der Waals surface area contributed by atoms with Gasteiger partial charge in [-0.25, -0.2) is 0 Å². The summed E-state index contributed by atoms with van der Waals surface area (Å²) in [4.78, 5) is 12.4. The smallest absolute Gasteiger partial charge is 0.381 e. The molecule has 1 fully saturated rings. The monoisotopic (exact) mass is 471 g/mol. The summed E-state index contributed by atoms with van der Waals surface area (Å²) < 4.78 is 46.2. The van der Waals surface area contributed by atoms with Gasteiger partial charge in [0.05, 0.1) is 12.5 Å². The maximum Gasteiger partial charge on any atom is 0.399 e. The van der Waals surface area contributed by atoms with Gasteiger partial charge in [-0.1, -0.05) is 47.5 Å². The van der Waals surface area contributed by atoms with Crippen LogP contribution < -0.4 is 5.32 Å². The molecule has 1 heterocycles. The van der Waals surface area contributed by atoms with Gasteiger partial charge in [-0.2, -0.15) is 13.2 Å². The summed E-state index contributed by atoms with van der Waals surface area (Å²) in [6, 6.07) is 8.82. The van der Waals surface area contributed by atoms with Crippen LogP contribution in [0, 0.1) is 12.8 Å². The molecule has 2 aromatic carbocycles. The van der Waals surface area contributed by atoms with Crippen molar-refractivity contribution >= 4 is 35.2 Å². The standard InChI is InChI=1S/C23H22Cl2F3NO2/c1-14-8-15(2-4-20(14)22(30)29-12-16-6-7-31-13-16)3-5-21(23(26,27)28)17-9-18(24)11-19(25)10-17/h2-5,8-11,16,21H,6-7,12-13H2,1H3,(H,29,30)/b5-3+. The van der Waals surface area contributed by atoms with Gasteiger partial charge < -0.3 is 10.1 Å². The Morgan fingerprint density at radius 3 is 2.52 bits per heavy atom. The minimum Gasteiger partial charge on any atom is -0.381 e. The second kappa shape index (κ2) is 10.1. The zero-order chi connectivity index (χ0) is 22.6. The molecule has 0 aliphatic carbocycles. The lowest BCUT2D eigenvalue weighted by molar-refractivity contribution is -0.139. The van der Waals surface area contributed by atoms with Crippen LogP contribution in [-0.4, -0.2) is 31.8 Å². The Morgan fingerprint density at radius 2 is 1.94 bits per heavy atom. The molecule has 166 valence electrons. The highest BCUT2D eigenvalue weighted by molar-refractivity contribution is 6.34. The minimum absolute atomic E-state index is 0.0372.